The summed E-state index contributed by atoms with van der Waals surface area (Å²) in [4.78, 5) is 0. The van der Waals surface area contributed by atoms with Crippen LogP contribution in [0.2, 0.25) is 0 Å². The Labute approximate surface area is 176 Å². The second kappa shape index (κ2) is 10.6. The van der Waals surface area contributed by atoms with Crippen LogP contribution in [0.25, 0.3) is 11.4 Å². The predicted molar refractivity (Wildman–Crippen MR) is 118 cm³/mol. The van der Waals surface area contributed by atoms with Crippen molar-refractivity contribution in [2.45, 2.75) is 33.1 Å². The second-order valence-electron chi connectivity index (χ2n) is 6.49. The third-order valence-electron chi connectivity index (χ3n) is 4.29. The number of unbranched alkanes of at least 4 members (excludes halogenated alkanes) is 2. The first-order valence-corrected chi connectivity index (χ1v) is 10.3. The number of hydrogen-bond acceptors (Lipinski definition) is 5. The van der Waals surface area contributed by atoms with Gasteiger partial charge in [-0.25, -0.2) is 5.10 Å². The molecule has 0 atom stereocenters. The number of nitrogens with zero attached hydrogens (tertiary/aromatic N) is 3. The molecule has 3 rings (SSSR count). The molecule has 0 saturated carbocycles. The van der Waals surface area contributed by atoms with Crippen molar-refractivity contribution in [3.63, 3.8) is 0 Å². The van der Waals surface area contributed by atoms with Crippen molar-refractivity contribution in [3.05, 3.63) is 58.9 Å². The molecule has 0 aliphatic rings. The molecule has 1 N–H and O–H groups in total. The molecule has 29 heavy (non-hydrogen) atoms. The van der Waals surface area contributed by atoms with Gasteiger partial charge in [0.1, 0.15) is 11.5 Å². The third-order valence-corrected chi connectivity index (χ3v) is 4.56. The third kappa shape index (κ3) is 5.77. The summed E-state index contributed by atoms with van der Waals surface area (Å²) in [7, 11) is 0. The average Bonchev–Trinajstić information content (AvgIpc) is 3.12. The van der Waals surface area contributed by atoms with Crippen molar-refractivity contribution in [3.8, 4) is 22.9 Å². The average molecular weight is 411 g/mol. The first-order chi connectivity index (χ1) is 14.2. The van der Waals surface area contributed by atoms with E-state index in [1.807, 2.05) is 55.5 Å². The highest BCUT2D eigenvalue weighted by atomic mass is 32.1. The van der Waals surface area contributed by atoms with E-state index in [-0.39, 0.29) is 0 Å². The molecule has 0 amide bonds. The highest BCUT2D eigenvalue weighted by molar-refractivity contribution is 7.71. The summed E-state index contributed by atoms with van der Waals surface area (Å²) in [5, 5.41) is 11.6. The lowest BCUT2D eigenvalue weighted by molar-refractivity contribution is 0.306. The SMILES string of the molecule is CCCCCOc1ccc(C=Nn2c(-c3ccc(OCC)cc3)n[nH]c2=S)cc1. The maximum atomic E-state index is 5.74. The van der Waals surface area contributed by atoms with Crippen LogP contribution >= 0.6 is 12.2 Å². The molecule has 152 valence electrons. The molecule has 3 aromatic rings. The van der Waals surface area contributed by atoms with Crippen LogP contribution in [-0.2, 0) is 0 Å². The summed E-state index contributed by atoms with van der Waals surface area (Å²) in [6.07, 6.45) is 5.21. The quantitative estimate of drug-likeness (QED) is 0.274. The van der Waals surface area contributed by atoms with Gasteiger partial charge in [0.25, 0.3) is 0 Å². The molecule has 0 aliphatic heterocycles. The van der Waals surface area contributed by atoms with Crippen LogP contribution < -0.4 is 9.47 Å². The van der Waals surface area contributed by atoms with Crippen molar-refractivity contribution in [2.24, 2.45) is 5.10 Å². The molecule has 0 aliphatic carbocycles. The molecular weight excluding hydrogens is 384 g/mol. The van der Waals surface area contributed by atoms with Gasteiger partial charge in [-0.3, -0.25) is 0 Å². The van der Waals surface area contributed by atoms with Crippen LogP contribution in [0, 0.1) is 4.77 Å². The van der Waals surface area contributed by atoms with E-state index in [4.69, 9.17) is 21.7 Å². The van der Waals surface area contributed by atoms with Crippen LogP contribution in [0.4, 0.5) is 0 Å². The molecule has 1 heterocycles. The number of H-pyrrole nitrogens is 1. The van der Waals surface area contributed by atoms with Gasteiger partial charge < -0.3 is 9.47 Å². The Kier molecular flexibility index (Phi) is 7.58. The number of ether oxygens (including phenoxy) is 2. The first kappa shape index (κ1) is 20.8. The Morgan fingerprint density at radius 3 is 2.38 bits per heavy atom. The monoisotopic (exact) mass is 410 g/mol. The molecule has 0 spiro atoms. The zero-order valence-corrected chi connectivity index (χ0v) is 17.6. The number of benzene rings is 2. The number of hydrogen-bond donors (Lipinski definition) is 1. The lowest BCUT2D eigenvalue weighted by Gasteiger charge is -2.06. The lowest BCUT2D eigenvalue weighted by atomic mass is 10.2. The summed E-state index contributed by atoms with van der Waals surface area (Å²) < 4.78 is 13.3. The fourth-order valence-corrected chi connectivity index (χ4v) is 2.95. The number of nitrogens with one attached hydrogen (secondary N) is 1. The van der Waals surface area contributed by atoms with Gasteiger partial charge >= 0.3 is 0 Å². The molecule has 0 unspecified atom stereocenters. The molecule has 2 aromatic carbocycles. The van der Waals surface area contributed by atoms with Crippen molar-refractivity contribution in [1.82, 2.24) is 14.9 Å². The summed E-state index contributed by atoms with van der Waals surface area (Å²) in [5.74, 6) is 2.33. The molecule has 7 heteroatoms. The fourth-order valence-electron chi connectivity index (χ4n) is 2.77. The van der Waals surface area contributed by atoms with Crippen molar-refractivity contribution in [2.75, 3.05) is 13.2 Å². The Balaban J connectivity index is 1.71. The molecule has 0 saturated heterocycles. The summed E-state index contributed by atoms with van der Waals surface area (Å²) in [5.41, 5.74) is 1.85. The largest absolute Gasteiger partial charge is 0.494 e. The van der Waals surface area contributed by atoms with Gasteiger partial charge in [-0.15, -0.1) is 0 Å². The highest BCUT2D eigenvalue weighted by Gasteiger charge is 2.08. The molecule has 0 bridgehead atoms. The minimum atomic E-state index is 0.431. The van der Waals surface area contributed by atoms with Crippen LogP contribution in [0.3, 0.4) is 0 Å². The Morgan fingerprint density at radius 2 is 1.69 bits per heavy atom. The van der Waals surface area contributed by atoms with E-state index in [0.717, 1.165) is 35.7 Å². The van der Waals surface area contributed by atoms with Crippen molar-refractivity contribution in [1.29, 1.82) is 0 Å². The van der Waals surface area contributed by atoms with E-state index in [1.165, 1.54) is 12.8 Å². The standard InChI is InChI=1S/C22H26N4O2S/c1-3-5-6-15-28-20-11-7-17(8-12-20)16-23-26-21(24-25-22(26)29)18-9-13-19(14-10-18)27-4-2/h7-14,16H,3-6,15H2,1-2H3,(H,25,29). The van der Waals surface area contributed by atoms with Crippen molar-refractivity contribution >= 4 is 18.4 Å². The van der Waals surface area contributed by atoms with Gasteiger partial charge in [-0.05, 0) is 79.7 Å². The molecule has 1 aromatic heterocycles. The minimum Gasteiger partial charge on any atom is -0.494 e. The van der Waals surface area contributed by atoms with Crippen LogP contribution in [0.5, 0.6) is 11.5 Å². The Morgan fingerprint density at radius 1 is 1.00 bits per heavy atom. The zero-order chi connectivity index (χ0) is 20.5. The first-order valence-electron chi connectivity index (χ1n) is 9.89. The van der Waals surface area contributed by atoms with Gasteiger partial charge in [0, 0.05) is 5.56 Å². The van der Waals surface area contributed by atoms with Gasteiger partial charge in [0.05, 0.1) is 19.4 Å². The normalized spacial score (nSPS) is 11.1. The fraction of sp³-hybridized carbons (Fsp3) is 0.318. The summed E-state index contributed by atoms with van der Waals surface area (Å²) in [6, 6.07) is 15.5. The molecule has 0 fully saturated rings. The molecule has 0 radical (unpaired) electrons. The molecular formula is C22H26N4O2S. The lowest BCUT2D eigenvalue weighted by Crippen LogP contribution is -1.97. The predicted octanol–water partition coefficient (Wildman–Crippen LogP) is 5.46. The van der Waals surface area contributed by atoms with Gasteiger partial charge in [-0.1, -0.05) is 19.8 Å². The van der Waals surface area contributed by atoms with E-state index in [0.29, 0.717) is 17.2 Å². The summed E-state index contributed by atoms with van der Waals surface area (Å²) in [6.45, 7) is 5.52. The number of aromatic amines is 1. The molecule has 6 nitrogen and oxygen atoms in total. The van der Waals surface area contributed by atoms with E-state index in [1.54, 1.807) is 10.9 Å². The van der Waals surface area contributed by atoms with E-state index >= 15 is 0 Å². The maximum Gasteiger partial charge on any atom is 0.216 e. The summed E-state index contributed by atoms with van der Waals surface area (Å²) >= 11 is 5.33. The van der Waals surface area contributed by atoms with Crippen LogP contribution in [-0.4, -0.2) is 34.3 Å². The number of aromatic nitrogens is 3. The van der Waals surface area contributed by atoms with E-state index in [9.17, 15) is 0 Å². The van der Waals surface area contributed by atoms with Crippen LogP contribution in [0.15, 0.2) is 53.6 Å². The van der Waals surface area contributed by atoms with E-state index in [2.05, 4.69) is 22.2 Å². The van der Waals surface area contributed by atoms with E-state index < -0.39 is 0 Å². The zero-order valence-electron chi connectivity index (χ0n) is 16.8. The van der Waals surface area contributed by atoms with Crippen LogP contribution in [0.1, 0.15) is 38.7 Å². The van der Waals surface area contributed by atoms with Gasteiger partial charge in [-0.2, -0.15) is 14.9 Å². The Bertz CT molecular complexity index is 975. The maximum absolute atomic E-state index is 5.74. The Hall–Kier alpha value is -2.93. The van der Waals surface area contributed by atoms with Gasteiger partial charge in [0.15, 0.2) is 5.82 Å². The second-order valence-corrected chi connectivity index (χ2v) is 6.88. The van der Waals surface area contributed by atoms with Gasteiger partial charge in [0.2, 0.25) is 4.77 Å². The smallest absolute Gasteiger partial charge is 0.216 e. The minimum absolute atomic E-state index is 0.431. The van der Waals surface area contributed by atoms with Crippen molar-refractivity contribution < 1.29 is 9.47 Å². The topological polar surface area (TPSA) is 64.4 Å². The number of rotatable bonds is 10. The highest BCUT2D eigenvalue weighted by Crippen LogP contribution is 2.21.